The van der Waals surface area contributed by atoms with Crippen LogP contribution >= 0.6 is 0 Å². The van der Waals surface area contributed by atoms with Crippen molar-refractivity contribution in [3.8, 4) is 56.5 Å². The van der Waals surface area contributed by atoms with Crippen LogP contribution in [0.5, 0.6) is 0 Å². The SMILES string of the molecule is c1ccc(-c2nc(-c3ccccc3)nc(-c3ccc(-c4nc5ccc(-c6ccc7c8ccccc8c8ccccc8c7c6)cc5c5oc6ccccc6c45)cc3)n2)cc1. The number of fused-ring (bicyclic) bond motifs is 11. The molecule has 0 N–H and O–H groups in total. The summed E-state index contributed by atoms with van der Waals surface area (Å²) in [6.07, 6.45) is 0. The standard InChI is InChI=1S/C54H32N4O/c1-3-13-34(14-4-1)52-56-53(35-15-5-2-6-16-35)58-54(57-52)36-25-23-33(24-26-36)50-49-44-21-11-12-22-48(44)59-51(49)46-32-38(28-30-47(46)55-50)37-27-29-43-41-19-8-7-17-39(41)40-18-9-10-20-42(40)45(43)31-37/h1-32H. The third kappa shape index (κ3) is 5.47. The molecule has 0 radical (unpaired) electrons. The molecule has 5 nitrogen and oxygen atoms in total. The fourth-order valence-corrected chi connectivity index (χ4v) is 8.65. The first-order chi connectivity index (χ1) is 29.2. The Hall–Kier alpha value is -8.02. The van der Waals surface area contributed by atoms with Crippen LogP contribution in [0.4, 0.5) is 0 Å². The van der Waals surface area contributed by atoms with Gasteiger partial charge in [0.25, 0.3) is 0 Å². The first kappa shape index (κ1) is 33.2. The van der Waals surface area contributed by atoms with E-state index in [1.807, 2.05) is 72.8 Å². The van der Waals surface area contributed by atoms with Gasteiger partial charge >= 0.3 is 0 Å². The predicted octanol–water partition coefficient (Wildman–Crippen LogP) is 14.1. The molecule has 12 rings (SSSR count). The molecule has 0 fully saturated rings. The van der Waals surface area contributed by atoms with Gasteiger partial charge < -0.3 is 4.42 Å². The number of aromatic nitrogens is 4. The molecule has 0 aliphatic heterocycles. The van der Waals surface area contributed by atoms with Gasteiger partial charge in [-0.2, -0.15) is 0 Å². The van der Waals surface area contributed by atoms with E-state index in [-0.39, 0.29) is 0 Å². The minimum absolute atomic E-state index is 0.608. The summed E-state index contributed by atoms with van der Waals surface area (Å²) in [5.74, 6) is 1.87. The van der Waals surface area contributed by atoms with Crippen LogP contribution in [0.25, 0.3) is 122 Å². The Labute approximate surface area is 338 Å². The van der Waals surface area contributed by atoms with Crippen LogP contribution in [0, 0.1) is 0 Å². The Morgan fingerprint density at radius 1 is 0.288 bits per heavy atom. The molecule has 0 unspecified atom stereocenters. The number of pyridine rings is 1. The Morgan fingerprint density at radius 2 is 0.712 bits per heavy atom. The zero-order chi connectivity index (χ0) is 38.9. The fraction of sp³-hybridized carbons (Fsp3) is 0. The summed E-state index contributed by atoms with van der Waals surface area (Å²) in [5.41, 5.74) is 9.39. The number of para-hydroxylation sites is 1. The molecular formula is C54H32N4O. The lowest BCUT2D eigenvalue weighted by Gasteiger charge is -2.13. The number of rotatable bonds is 5. The van der Waals surface area contributed by atoms with Crippen molar-refractivity contribution in [2.24, 2.45) is 0 Å². The van der Waals surface area contributed by atoms with Crippen LogP contribution in [-0.2, 0) is 0 Å². The van der Waals surface area contributed by atoms with E-state index in [4.69, 9.17) is 24.4 Å². The highest BCUT2D eigenvalue weighted by molar-refractivity contribution is 6.26. The predicted molar refractivity (Wildman–Crippen MR) is 242 cm³/mol. The van der Waals surface area contributed by atoms with Gasteiger partial charge in [0.15, 0.2) is 17.5 Å². The minimum Gasteiger partial charge on any atom is -0.455 e. The van der Waals surface area contributed by atoms with E-state index in [0.717, 1.165) is 71.9 Å². The molecule has 3 aromatic heterocycles. The smallest absolute Gasteiger partial charge is 0.164 e. The minimum atomic E-state index is 0.608. The normalized spacial score (nSPS) is 11.7. The van der Waals surface area contributed by atoms with E-state index in [0.29, 0.717) is 17.5 Å². The second kappa shape index (κ2) is 13.3. The quantitative estimate of drug-likeness (QED) is 0.164. The largest absolute Gasteiger partial charge is 0.455 e. The molecule has 0 bridgehead atoms. The van der Waals surface area contributed by atoms with Crippen molar-refractivity contribution in [1.29, 1.82) is 0 Å². The van der Waals surface area contributed by atoms with Gasteiger partial charge in [0.05, 0.1) is 16.6 Å². The van der Waals surface area contributed by atoms with E-state index in [1.54, 1.807) is 0 Å². The van der Waals surface area contributed by atoms with E-state index in [2.05, 4.69) is 121 Å². The monoisotopic (exact) mass is 752 g/mol. The van der Waals surface area contributed by atoms with E-state index >= 15 is 0 Å². The topological polar surface area (TPSA) is 64.7 Å². The summed E-state index contributed by atoms with van der Waals surface area (Å²) < 4.78 is 6.73. The summed E-state index contributed by atoms with van der Waals surface area (Å²) in [5, 5.41) is 10.6. The van der Waals surface area contributed by atoms with Gasteiger partial charge in [-0.05, 0) is 67.7 Å². The van der Waals surface area contributed by atoms with Gasteiger partial charge in [-0.25, -0.2) is 19.9 Å². The zero-order valence-electron chi connectivity index (χ0n) is 31.7. The van der Waals surface area contributed by atoms with Crippen molar-refractivity contribution in [3.05, 3.63) is 194 Å². The summed E-state index contributed by atoms with van der Waals surface area (Å²) in [6, 6.07) is 67.5. The van der Waals surface area contributed by atoms with Crippen molar-refractivity contribution in [2.75, 3.05) is 0 Å². The molecule has 59 heavy (non-hydrogen) atoms. The van der Waals surface area contributed by atoms with Gasteiger partial charge in [0, 0.05) is 33.0 Å². The van der Waals surface area contributed by atoms with Gasteiger partial charge in [-0.15, -0.1) is 0 Å². The maximum atomic E-state index is 6.73. The van der Waals surface area contributed by atoms with Crippen LogP contribution in [0.3, 0.4) is 0 Å². The number of hydrogen-bond acceptors (Lipinski definition) is 5. The van der Waals surface area contributed by atoms with Gasteiger partial charge in [0.2, 0.25) is 0 Å². The number of furan rings is 1. The number of benzene rings is 9. The van der Waals surface area contributed by atoms with Crippen molar-refractivity contribution >= 4 is 65.2 Å². The molecule has 274 valence electrons. The highest BCUT2D eigenvalue weighted by atomic mass is 16.3. The maximum absolute atomic E-state index is 6.73. The molecule has 0 aliphatic rings. The molecular weight excluding hydrogens is 721 g/mol. The first-order valence-corrected chi connectivity index (χ1v) is 19.8. The van der Waals surface area contributed by atoms with Gasteiger partial charge in [-0.3, -0.25) is 0 Å². The summed E-state index contributed by atoms with van der Waals surface area (Å²) in [6.45, 7) is 0. The fourth-order valence-electron chi connectivity index (χ4n) is 8.65. The van der Waals surface area contributed by atoms with Crippen LogP contribution in [-0.4, -0.2) is 19.9 Å². The molecule has 0 spiro atoms. The summed E-state index contributed by atoms with van der Waals surface area (Å²) >= 11 is 0. The van der Waals surface area contributed by atoms with Crippen molar-refractivity contribution in [1.82, 2.24) is 19.9 Å². The molecule has 3 heterocycles. The molecule has 0 saturated heterocycles. The lowest BCUT2D eigenvalue weighted by molar-refractivity contribution is 0.672. The second-order valence-corrected chi connectivity index (χ2v) is 15.0. The lowest BCUT2D eigenvalue weighted by Crippen LogP contribution is -2.00. The summed E-state index contributed by atoms with van der Waals surface area (Å²) in [7, 11) is 0. The first-order valence-electron chi connectivity index (χ1n) is 19.8. The number of hydrogen-bond donors (Lipinski definition) is 0. The average Bonchev–Trinajstić information content (AvgIpc) is 3.72. The third-order valence-electron chi connectivity index (χ3n) is 11.5. The van der Waals surface area contributed by atoms with Crippen molar-refractivity contribution < 1.29 is 4.42 Å². The maximum Gasteiger partial charge on any atom is 0.164 e. The molecule has 12 aromatic rings. The zero-order valence-corrected chi connectivity index (χ0v) is 31.7. The molecule has 0 atom stereocenters. The van der Waals surface area contributed by atoms with Crippen LogP contribution in [0.1, 0.15) is 0 Å². The van der Waals surface area contributed by atoms with Crippen LogP contribution in [0.15, 0.2) is 199 Å². The van der Waals surface area contributed by atoms with E-state index in [9.17, 15) is 0 Å². The lowest BCUT2D eigenvalue weighted by atomic mass is 9.92. The Morgan fingerprint density at radius 3 is 1.31 bits per heavy atom. The Balaban J connectivity index is 0.995. The highest BCUT2D eigenvalue weighted by Gasteiger charge is 2.20. The van der Waals surface area contributed by atoms with E-state index < -0.39 is 0 Å². The van der Waals surface area contributed by atoms with E-state index in [1.165, 1.54) is 32.3 Å². The second-order valence-electron chi connectivity index (χ2n) is 15.0. The van der Waals surface area contributed by atoms with Crippen LogP contribution < -0.4 is 0 Å². The molecule has 0 aliphatic carbocycles. The average molecular weight is 753 g/mol. The van der Waals surface area contributed by atoms with Crippen molar-refractivity contribution in [3.63, 3.8) is 0 Å². The summed E-state index contributed by atoms with van der Waals surface area (Å²) in [4.78, 5) is 20.1. The molecule has 0 saturated carbocycles. The third-order valence-corrected chi connectivity index (χ3v) is 11.5. The Bertz CT molecular complexity index is 3500. The molecule has 5 heteroatoms. The molecule has 0 amide bonds. The number of nitrogens with zero attached hydrogens (tertiary/aromatic N) is 4. The van der Waals surface area contributed by atoms with Crippen molar-refractivity contribution in [2.45, 2.75) is 0 Å². The van der Waals surface area contributed by atoms with Gasteiger partial charge in [0.1, 0.15) is 11.2 Å². The highest BCUT2D eigenvalue weighted by Crippen LogP contribution is 2.42. The van der Waals surface area contributed by atoms with Gasteiger partial charge in [-0.1, -0.05) is 170 Å². The van der Waals surface area contributed by atoms with Crippen LogP contribution in [0.2, 0.25) is 0 Å². The Kier molecular flexibility index (Phi) is 7.47. The molecule has 9 aromatic carbocycles.